The summed E-state index contributed by atoms with van der Waals surface area (Å²) in [5.41, 5.74) is 0. The molecule has 1 N–H and O–H groups in total. The van der Waals surface area contributed by atoms with E-state index < -0.39 is 0 Å². The van der Waals surface area contributed by atoms with E-state index in [1.54, 1.807) is 16.8 Å². The molecule has 1 atom stereocenters. The zero-order chi connectivity index (χ0) is 16.4. The third kappa shape index (κ3) is 7.75. The molecular formula is C16H31N3O3. The van der Waals surface area contributed by atoms with Crippen LogP contribution < -0.4 is 5.32 Å². The Labute approximate surface area is 134 Å². The molecule has 0 aromatic heterocycles. The summed E-state index contributed by atoms with van der Waals surface area (Å²) in [6.07, 6.45) is 4.54. The van der Waals surface area contributed by atoms with E-state index in [1.165, 1.54) is 12.8 Å². The number of carbonyl (C=O) groups is 2. The number of hydrogen-bond donors (Lipinski definition) is 1. The van der Waals surface area contributed by atoms with Gasteiger partial charge in [-0.05, 0) is 20.4 Å². The number of amides is 2. The Balaban J connectivity index is 2.21. The summed E-state index contributed by atoms with van der Waals surface area (Å²) in [6.45, 7) is 7.24. The second kappa shape index (κ2) is 10.6. The van der Waals surface area contributed by atoms with Crippen LogP contribution in [0.5, 0.6) is 0 Å². The highest BCUT2D eigenvalue weighted by molar-refractivity contribution is 5.81. The van der Waals surface area contributed by atoms with Gasteiger partial charge in [0.25, 0.3) is 0 Å². The van der Waals surface area contributed by atoms with Crippen LogP contribution in [0, 0.1) is 0 Å². The Morgan fingerprint density at radius 1 is 1.23 bits per heavy atom. The fraction of sp³-hybridized carbons (Fsp3) is 0.875. The Morgan fingerprint density at radius 2 is 1.91 bits per heavy atom. The van der Waals surface area contributed by atoms with Crippen molar-refractivity contribution in [1.29, 1.82) is 0 Å². The highest BCUT2D eigenvalue weighted by Gasteiger charge is 2.19. The van der Waals surface area contributed by atoms with E-state index in [9.17, 15) is 9.59 Å². The largest absolute Gasteiger partial charge is 0.378 e. The molecule has 0 radical (unpaired) electrons. The van der Waals surface area contributed by atoms with Crippen LogP contribution in [0.3, 0.4) is 0 Å². The maximum Gasteiger partial charge on any atom is 0.236 e. The summed E-state index contributed by atoms with van der Waals surface area (Å²) in [5, 5.41) is 3.00. The maximum absolute atomic E-state index is 12.1. The first-order valence-corrected chi connectivity index (χ1v) is 8.36. The average molecular weight is 313 g/mol. The third-order valence-electron chi connectivity index (χ3n) is 3.83. The summed E-state index contributed by atoms with van der Waals surface area (Å²) in [4.78, 5) is 27.6. The maximum atomic E-state index is 12.1. The highest BCUT2D eigenvalue weighted by Crippen LogP contribution is 2.03. The second-order valence-electron chi connectivity index (χ2n) is 6.13. The molecule has 0 saturated carbocycles. The zero-order valence-electron chi connectivity index (χ0n) is 14.3. The molecule has 128 valence electrons. The number of rotatable bonds is 9. The van der Waals surface area contributed by atoms with Gasteiger partial charge in [-0.1, -0.05) is 26.2 Å². The van der Waals surface area contributed by atoms with Crippen molar-refractivity contribution in [2.75, 3.05) is 46.4 Å². The molecule has 1 saturated heterocycles. The first-order valence-electron chi connectivity index (χ1n) is 8.36. The van der Waals surface area contributed by atoms with Crippen LogP contribution in [-0.2, 0) is 14.3 Å². The van der Waals surface area contributed by atoms with Crippen molar-refractivity contribution in [1.82, 2.24) is 15.1 Å². The molecule has 0 spiro atoms. The molecule has 2 amide bonds. The van der Waals surface area contributed by atoms with Crippen molar-refractivity contribution in [3.63, 3.8) is 0 Å². The lowest BCUT2D eigenvalue weighted by atomic mass is 10.1. The molecule has 1 aliphatic rings. The number of carbonyl (C=O) groups excluding carboxylic acids is 2. The first kappa shape index (κ1) is 18.9. The minimum atomic E-state index is -0.0127. The van der Waals surface area contributed by atoms with E-state index in [0.717, 1.165) is 12.8 Å². The van der Waals surface area contributed by atoms with Crippen molar-refractivity contribution in [3.05, 3.63) is 0 Å². The quantitative estimate of drug-likeness (QED) is 0.642. The van der Waals surface area contributed by atoms with Gasteiger partial charge >= 0.3 is 0 Å². The van der Waals surface area contributed by atoms with Gasteiger partial charge in [-0.3, -0.25) is 14.5 Å². The van der Waals surface area contributed by atoms with Gasteiger partial charge in [0.1, 0.15) is 0 Å². The first-order chi connectivity index (χ1) is 10.5. The van der Waals surface area contributed by atoms with Gasteiger partial charge in [-0.25, -0.2) is 0 Å². The zero-order valence-corrected chi connectivity index (χ0v) is 14.3. The summed E-state index contributed by atoms with van der Waals surface area (Å²) >= 11 is 0. The number of ether oxygens (including phenoxy) is 1. The lowest BCUT2D eigenvalue weighted by molar-refractivity contribution is -0.136. The smallest absolute Gasteiger partial charge is 0.236 e. The fourth-order valence-corrected chi connectivity index (χ4v) is 2.54. The predicted molar refractivity (Wildman–Crippen MR) is 86.6 cm³/mol. The number of hydrogen-bond acceptors (Lipinski definition) is 4. The number of morpholine rings is 1. The Bertz CT molecular complexity index is 344. The minimum Gasteiger partial charge on any atom is -0.378 e. The van der Waals surface area contributed by atoms with Crippen LogP contribution in [0.25, 0.3) is 0 Å². The van der Waals surface area contributed by atoms with Gasteiger partial charge in [0.2, 0.25) is 11.8 Å². The molecule has 0 aromatic carbocycles. The van der Waals surface area contributed by atoms with E-state index >= 15 is 0 Å². The van der Waals surface area contributed by atoms with Gasteiger partial charge in [0, 0.05) is 19.1 Å². The van der Waals surface area contributed by atoms with Gasteiger partial charge in [0.15, 0.2) is 0 Å². The summed E-state index contributed by atoms with van der Waals surface area (Å²) in [7, 11) is 1.81. The van der Waals surface area contributed by atoms with Crippen molar-refractivity contribution in [2.24, 2.45) is 0 Å². The van der Waals surface area contributed by atoms with Crippen molar-refractivity contribution < 1.29 is 14.3 Å². The van der Waals surface area contributed by atoms with E-state index in [4.69, 9.17) is 4.74 Å². The summed E-state index contributed by atoms with van der Waals surface area (Å²) in [6, 6.07) is 0.197. The van der Waals surface area contributed by atoms with E-state index in [0.29, 0.717) is 26.3 Å². The lowest BCUT2D eigenvalue weighted by Gasteiger charge is -2.28. The highest BCUT2D eigenvalue weighted by atomic mass is 16.5. The number of likely N-dealkylation sites (N-methyl/N-ethyl adjacent to an activating group) is 1. The van der Waals surface area contributed by atoms with Crippen molar-refractivity contribution in [3.8, 4) is 0 Å². The Kier molecular flexibility index (Phi) is 9.08. The molecule has 0 aliphatic carbocycles. The van der Waals surface area contributed by atoms with Crippen LogP contribution in [0.2, 0.25) is 0 Å². The third-order valence-corrected chi connectivity index (χ3v) is 3.83. The molecule has 1 unspecified atom stereocenters. The summed E-state index contributed by atoms with van der Waals surface area (Å²) < 4.78 is 5.23. The molecular weight excluding hydrogens is 282 g/mol. The standard InChI is InChI=1S/C16H31N3O3/c1-4-5-6-7-14(2)17-15(20)12-18(3)13-16(21)19-8-10-22-11-9-19/h14H,4-13H2,1-3H3,(H,17,20). The molecule has 6 heteroatoms. The van der Waals surface area contributed by atoms with Gasteiger partial charge < -0.3 is 15.0 Å². The minimum absolute atomic E-state index is 0.0127. The number of nitrogens with one attached hydrogen (secondary N) is 1. The average Bonchev–Trinajstić information content (AvgIpc) is 2.47. The fourth-order valence-electron chi connectivity index (χ4n) is 2.54. The second-order valence-corrected chi connectivity index (χ2v) is 6.13. The van der Waals surface area contributed by atoms with Crippen LogP contribution >= 0.6 is 0 Å². The van der Waals surface area contributed by atoms with E-state index in [-0.39, 0.29) is 30.9 Å². The molecule has 22 heavy (non-hydrogen) atoms. The van der Waals surface area contributed by atoms with E-state index in [2.05, 4.69) is 12.2 Å². The molecule has 1 heterocycles. The monoisotopic (exact) mass is 313 g/mol. The molecule has 0 aromatic rings. The SMILES string of the molecule is CCCCCC(C)NC(=O)CN(C)CC(=O)N1CCOCC1. The van der Waals surface area contributed by atoms with Gasteiger partial charge in [-0.2, -0.15) is 0 Å². The van der Waals surface area contributed by atoms with E-state index in [1.807, 2.05) is 6.92 Å². The van der Waals surface area contributed by atoms with Crippen LogP contribution in [0.15, 0.2) is 0 Å². The molecule has 1 aliphatic heterocycles. The summed E-state index contributed by atoms with van der Waals surface area (Å²) in [5.74, 6) is 0.0517. The van der Waals surface area contributed by atoms with Crippen LogP contribution in [0.1, 0.15) is 39.5 Å². The lowest BCUT2D eigenvalue weighted by Crippen LogP contribution is -2.47. The topological polar surface area (TPSA) is 61.9 Å². The van der Waals surface area contributed by atoms with Crippen molar-refractivity contribution in [2.45, 2.75) is 45.6 Å². The van der Waals surface area contributed by atoms with Gasteiger partial charge in [0.05, 0.1) is 26.3 Å². The molecule has 1 fully saturated rings. The molecule has 0 bridgehead atoms. The Morgan fingerprint density at radius 3 is 2.55 bits per heavy atom. The Hall–Kier alpha value is -1.14. The predicted octanol–water partition coefficient (Wildman–Crippen LogP) is 0.862. The number of unbranched alkanes of at least 4 members (excludes halogenated alkanes) is 2. The molecule has 1 rings (SSSR count). The van der Waals surface area contributed by atoms with Gasteiger partial charge in [-0.15, -0.1) is 0 Å². The van der Waals surface area contributed by atoms with Crippen molar-refractivity contribution >= 4 is 11.8 Å². The molecule has 6 nitrogen and oxygen atoms in total. The van der Waals surface area contributed by atoms with Crippen LogP contribution in [0.4, 0.5) is 0 Å². The number of nitrogens with zero attached hydrogens (tertiary/aromatic N) is 2. The van der Waals surface area contributed by atoms with Crippen LogP contribution in [-0.4, -0.2) is 74.1 Å². The normalized spacial score (nSPS) is 16.6.